The van der Waals surface area contributed by atoms with Gasteiger partial charge in [0.25, 0.3) is 0 Å². The zero-order valence-corrected chi connectivity index (χ0v) is 19.0. The summed E-state index contributed by atoms with van der Waals surface area (Å²) in [6.45, 7) is 5.79. The molecule has 0 aliphatic carbocycles. The number of nitrogens with zero attached hydrogens (tertiary/aromatic N) is 3. The molecule has 0 bridgehead atoms. The van der Waals surface area contributed by atoms with Gasteiger partial charge in [0, 0.05) is 40.8 Å². The van der Waals surface area contributed by atoms with Crippen molar-refractivity contribution in [3.8, 4) is 0 Å². The topological polar surface area (TPSA) is 111 Å². The van der Waals surface area contributed by atoms with Gasteiger partial charge in [0.15, 0.2) is 5.82 Å². The Morgan fingerprint density at radius 3 is 2.46 bits per heavy atom. The van der Waals surface area contributed by atoms with Crippen LogP contribution in [0.3, 0.4) is 0 Å². The summed E-state index contributed by atoms with van der Waals surface area (Å²) < 4.78 is 55.2. The minimum atomic E-state index is -5.03. The van der Waals surface area contributed by atoms with Gasteiger partial charge < -0.3 is 20.4 Å². The van der Waals surface area contributed by atoms with Crippen molar-refractivity contribution in [3.05, 3.63) is 53.0 Å². The van der Waals surface area contributed by atoms with Crippen molar-refractivity contribution in [3.63, 3.8) is 0 Å². The number of hydrogen-bond acceptors (Lipinski definition) is 6. The van der Waals surface area contributed by atoms with Gasteiger partial charge in [0.2, 0.25) is 0 Å². The molecule has 2 aromatic carbocycles. The Morgan fingerprint density at radius 1 is 1.17 bits per heavy atom. The Labute approximate surface area is 197 Å². The van der Waals surface area contributed by atoms with Crippen LogP contribution in [0, 0.1) is 12.7 Å². The van der Waals surface area contributed by atoms with Gasteiger partial charge in [-0.25, -0.2) is 9.18 Å². The molecule has 12 heteroatoms. The predicted molar refractivity (Wildman–Crippen MR) is 122 cm³/mol. The summed E-state index contributed by atoms with van der Waals surface area (Å²) in [7, 11) is 0. The van der Waals surface area contributed by atoms with Crippen LogP contribution in [0.5, 0.6) is 0 Å². The van der Waals surface area contributed by atoms with Crippen molar-refractivity contribution in [2.75, 3.05) is 28.6 Å². The number of aryl methyl sites for hydroxylation is 1. The molecular formula is C23H23F4N5O3. The van der Waals surface area contributed by atoms with Crippen molar-refractivity contribution in [2.45, 2.75) is 38.6 Å². The second-order valence-corrected chi connectivity index (χ2v) is 8.94. The van der Waals surface area contributed by atoms with Gasteiger partial charge in [0.1, 0.15) is 5.82 Å². The molecule has 8 nitrogen and oxygen atoms in total. The molecule has 0 spiro atoms. The van der Waals surface area contributed by atoms with Gasteiger partial charge in [-0.05, 0) is 45.0 Å². The highest BCUT2D eigenvalue weighted by atomic mass is 19.4. The highest BCUT2D eigenvalue weighted by molar-refractivity contribution is 5.95. The molecule has 4 rings (SSSR count). The average Bonchev–Trinajstić information content (AvgIpc) is 2.73. The first-order valence-corrected chi connectivity index (χ1v) is 10.7. The summed E-state index contributed by atoms with van der Waals surface area (Å²) in [6, 6.07) is 5.91. The summed E-state index contributed by atoms with van der Waals surface area (Å²) in [5.74, 6) is -1.29. The molecule has 1 aromatic heterocycles. The smallest absolute Gasteiger partial charge is 0.419 e. The molecule has 1 aliphatic rings. The van der Waals surface area contributed by atoms with Gasteiger partial charge in [0.05, 0.1) is 22.9 Å². The van der Waals surface area contributed by atoms with Crippen molar-refractivity contribution >= 4 is 34.1 Å². The van der Waals surface area contributed by atoms with E-state index in [2.05, 4.69) is 15.5 Å². The van der Waals surface area contributed by atoms with E-state index in [1.807, 2.05) is 28.4 Å². The van der Waals surface area contributed by atoms with Crippen molar-refractivity contribution in [2.24, 2.45) is 0 Å². The highest BCUT2D eigenvalue weighted by Gasteiger charge is 2.37. The number of alkyl halides is 3. The third kappa shape index (κ3) is 4.92. The average molecular weight is 493 g/mol. The lowest BCUT2D eigenvalue weighted by Gasteiger charge is -2.45. The number of halogens is 4. The predicted octanol–water partition coefficient (Wildman–Crippen LogP) is 4.93. The molecule has 2 heterocycles. The lowest BCUT2D eigenvalue weighted by Crippen LogP contribution is -2.60. The molecule has 0 saturated carbocycles. The molecular weight excluding hydrogens is 470 g/mol. The molecule has 35 heavy (non-hydrogen) atoms. The SMILES string of the molecule is Cc1nnc(NC(C)c2cc(NC(=O)O)cc(C(F)(F)F)c2F)c2cc(N3CC(C)(O)C3)ccc12. The summed E-state index contributed by atoms with van der Waals surface area (Å²) in [6.07, 6.45) is -6.61. The van der Waals surface area contributed by atoms with Crippen molar-refractivity contribution in [1.82, 2.24) is 10.2 Å². The number of amides is 1. The van der Waals surface area contributed by atoms with E-state index in [4.69, 9.17) is 5.11 Å². The molecule has 1 amide bonds. The first-order valence-electron chi connectivity index (χ1n) is 10.7. The first kappa shape index (κ1) is 24.5. The van der Waals surface area contributed by atoms with E-state index in [9.17, 15) is 27.5 Å². The normalized spacial score (nSPS) is 16.1. The molecule has 3 aromatic rings. The number of nitrogens with one attached hydrogen (secondary N) is 2. The fraction of sp³-hybridized carbons (Fsp3) is 0.348. The fourth-order valence-corrected chi connectivity index (χ4v) is 4.19. The van der Waals surface area contributed by atoms with E-state index >= 15 is 0 Å². The lowest BCUT2D eigenvalue weighted by atomic mass is 9.95. The molecule has 1 aliphatic heterocycles. The minimum absolute atomic E-state index is 0.219. The number of carbonyl (C=O) groups is 1. The summed E-state index contributed by atoms with van der Waals surface area (Å²) in [4.78, 5) is 12.9. The van der Waals surface area contributed by atoms with Crippen LogP contribution >= 0.6 is 0 Å². The van der Waals surface area contributed by atoms with Crippen LogP contribution < -0.4 is 15.5 Å². The van der Waals surface area contributed by atoms with Gasteiger partial charge >= 0.3 is 12.3 Å². The lowest BCUT2D eigenvalue weighted by molar-refractivity contribution is -0.140. The van der Waals surface area contributed by atoms with Crippen molar-refractivity contribution in [1.29, 1.82) is 0 Å². The first-order chi connectivity index (χ1) is 16.2. The van der Waals surface area contributed by atoms with Crippen LogP contribution in [0.4, 0.5) is 39.5 Å². The molecule has 4 N–H and O–H groups in total. The van der Waals surface area contributed by atoms with E-state index < -0.39 is 46.5 Å². The number of hydrogen-bond donors (Lipinski definition) is 4. The summed E-state index contributed by atoms with van der Waals surface area (Å²) in [5, 5.41) is 33.3. The number of β-amino-alcohol motifs (C(OH)–C–C–N with tert-alkyl or cyclic N) is 1. The number of rotatable bonds is 5. The Bertz CT molecular complexity index is 1300. The van der Waals surface area contributed by atoms with E-state index in [0.717, 1.165) is 17.1 Å². The van der Waals surface area contributed by atoms with E-state index in [1.165, 1.54) is 6.92 Å². The summed E-state index contributed by atoms with van der Waals surface area (Å²) >= 11 is 0. The van der Waals surface area contributed by atoms with Gasteiger partial charge in [-0.1, -0.05) is 6.07 Å². The number of fused-ring (bicyclic) bond motifs is 1. The number of benzene rings is 2. The third-order valence-electron chi connectivity index (χ3n) is 5.85. The van der Waals surface area contributed by atoms with Crippen LogP contribution in [0.25, 0.3) is 10.8 Å². The minimum Gasteiger partial charge on any atom is -0.465 e. The maximum Gasteiger partial charge on any atom is 0.419 e. The number of aliphatic hydroxyl groups is 1. The maximum absolute atomic E-state index is 14.9. The summed E-state index contributed by atoms with van der Waals surface area (Å²) in [5.41, 5.74) is -1.75. The van der Waals surface area contributed by atoms with E-state index in [1.54, 1.807) is 13.8 Å². The number of aromatic nitrogens is 2. The molecule has 1 fully saturated rings. The molecule has 0 radical (unpaired) electrons. The van der Waals surface area contributed by atoms with E-state index in [-0.39, 0.29) is 5.82 Å². The van der Waals surface area contributed by atoms with Crippen LogP contribution in [0.1, 0.15) is 36.7 Å². The Morgan fingerprint density at radius 2 is 1.86 bits per heavy atom. The Balaban J connectivity index is 1.73. The van der Waals surface area contributed by atoms with Gasteiger partial charge in [-0.2, -0.15) is 18.3 Å². The largest absolute Gasteiger partial charge is 0.465 e. The zero-order valence-electron chi connectivity index (χ0n) is 19.0. The molecule has 1 atom stereocenters. The molecule has 1 unspecified atom stereocenters. The second kappa shape index (κ2) is 8.52. The zero-order chi connectivity index (χ0) is 25.7. The van der Waals surface area contributed by atoms with Crippen LogP contribution in [-0.4, -0.2) is 45.2 Å². The highest BCUT2D eigenvalue weighted by Crippen LogP contribution is 2.38. The monoisotopic (exact) mass is 493 g/mol. The number of carboxylic acid groups (broad SMARTS) is 1. The fourth-order valence-electron chi connectivity index (χ4n) is 4.19. The number of anilines is 3. The Hall–Kier alpha value is -3.67. The molecule has 186 valence electrons. The third-order valence-corrected chi connectivity index (χ3v) is 5.85. The van der Waals surface area contributed by atoms with Crippen molar-refractivity contribution < 1.29 is 32.6 Å². The standard InChI is InChI=1S/C23H23F4N5O3/c1-11(16-6-13(29-21(33)34)7-18(19(16)24)23(25,26)27)28-20-17-8-14(32-9-22(3,35)10-32)4-5-15(17)12(2)30-31-20/h4-8,11,29,35H,9-10H2,1-3H3,(H,28,31)(H,33,34). The van der Waals surface area contributed by atoms with Crippen LogP contribution in [0.15, 0.2) is 30.3 Å². The quantitative estimate of drug-likeness (QED) is 0.373. The van der Waals surface area contributed by atoms with Gasteiger partial charge in [-0.3, -0.25) is 5.32 Å². The Kier molecular flexibility index (Phi) is 5.95. The molecule has 1 saturated heterocycles. The van der Waals surface area contributed by atoms with Crippen LogP contribution in [0.2, 0.25) is 0 Å². The van der Waals surface area contributed by atoms with Crippen LogP contribution in [-0.2, 0) is 6.18 Å². The maximum atomic E-state index is 14.9. The van der Waals surface area contributed by atoms with Gasteiger partial charge in [-0.15, -0.1) is 5.10 Å². The second-order valence-electron chi connectivity index (χ2n) is 8.94. The van der Waals surface area contributed by atoms with E-state index in [0.29, 0.717) is 30.2 Å².